The molecule has 0 fully saturated rings. The zero-order chi connectivity index (χ0) is 11.7. The van der Waals surface area contributed by atoms with Gasteiger partial charge in [-0.15, -0.1) is 0 Å². The van der Waals surface area contributed by atoms with Crippen LogP contribution in [-0.2, 0) is 4.74 Å². The topological polar surface area (TPSA) is 9.23 Å². The highest BCUT2D eigenvalue weighted by molar-refractivity contribution is 4.57. The van der Waals surface area contributed by atoms with Crippen LogP contribution in [0.15, 0.2) is 0 Å². The summed E-state index contributed by atoms with van der Waals surface area (Å²) in [5.74, 6) is 0. The van der Waals surface area contributed by atoms with Crippen molar-refractivity contribution in [3.63, 3.8) is 0 Å². The first-order valence-electron chi connectivity index (χ1n) is 6.41. The summed E-state index contributed by atoms with van der Waals surface area (Å²) in [5, 5.41) is 0. The molecular formula is C13H30NO+. The molecule has 0 bridgehead atoms. The lowest BCUT2D eigenvalue weighted by Gasteiger charge is -2.29. The van der Waals surface area contributed by atoms with Crippen LogP contribution in [0.2, 0.25) is 0 Å². The number of hydrogen-bond donors (Lipinski definition) is 0. The fourth-order valence-corrected chi connectivity index (χ4v) is 1.66. The maximum atomic E-state index is 5.94. The van der Waals surface area contributed by atoms with E-state index in [1.807, 2.05) is 0 Å². The van der Waals surface area contributed by atoms with Crippen LogP contribution in [0.25, 0.3) is 0 Å². The van der Waals surface area contributed by atoms with Crippen LogP contribution in [0.3, 0.4) is 0 Å². The molecule has 0 aliphatic carbocycles. The molecule has 0 rings (SSSR count). The van der Waals surface area contributed by atoms with Crippen LogP contribution >= 0.6 is 0 Å². The van der Waals surface area contributed by atoms with Crippen molar-refractivity contribution < 1.29 is 9.22 Å². The van der Waals surface area contributed by atoms with Gasteiger partial charge < -0.3 is 9.22 Å². The molecule has 2 heteroatoms. The van der Waals surface area contributed by atoms with Gasteiger partial charge in [0.2, 0.25) is 0 Å². The van der Waals surface area contributed by atoms with Gasteiger partial charge in [0.25, 0.3) is 0 Å². The van der Waals surface area contributed by atoms with Gasteiger partial charge in [0, 0.05) is 6.61 Å². The minimum atomic E-state index is 0.455. The zero-order valence-electron chi connectivity index (χ0n) is 11.4. The molecule has 92 valence electrons. The SMILES string of the molecule is CCCCOC(CCCC)C[N+](C)(C)C. The van der Waals surface area contributed by atoms with Gasteiger partial charge in [0.1, 0.15) is 12.6 Å². The summed E-state index contributed by atoms with van der Waals surface area (Å²) in [7, 11) is 6.71. The number of quaternary nitrogens is 1. The first-order chi connectivity index (χ1) is 6.99. The van der Waals surface area contributed by atoms with Gasteiger partial charge in [-0.05, 0) is 12.8 Å². The third-order valence-electron chi connectivity index (χ3n) is 2.48. The molecule has 0 aromatic rings. The van der Waals surface area contributed by atoms with E-state index in [4.69, 9.17) is 4.74 Å². The van der Waals surface area contributed by atoms with Gasteiger partial charge in [-0.2, -0.15) is 0 Å². The van der Waals surface area contributed by atoms with Crippen molar-refractivity contribution in [1.29, 1.82) is 0 Å². The highest BCUT2D eigenvalue weighted by Gasteiger charge is 2.17. The second-order valence-corrected chi connectivity index (χ2v) is 5.46. The number of nitrogens with zero attached hydrogens (tertiary/aromatic N) is 1. The Labute approximate surface area is 96.2 Å². The third kappa shape index (κ3) is 10.2. The number of hydrogen-bond acceptors (Lipinski definition) is 1. The quantitative estimate of drug-likeness (QED) is 0.425. The van der Waals surface area contributed by atoms with Gasteiger partial charge in [-0.25, -0.2) is 0 Å². The first-order valence-corrected chi connectivity index (χ1v) is 6.41. The van der Waals surface area contributed by atoms with Crippen molar-refractivity contribution >= 4 is 0 Å². The zero-order valence-corrected chi connectivity index (χ0v) is 11.4. The standard InChI is InChI=1S/C13H30NO/c1-6-8-10-13(12-14(3,4)5)15-11-9-7-2/h13H,6-12H2,1-5H3/q+1. The smallest absolute Gasteiger partial charge is 0.106 e. The van der Waals surface area contributed by atoms with Gasteiger partial charge in [0.05, 0.1) is 21.1 Å². The van der Waals surface area contributed by atoms with E-state index in [2.05, 4.69) is 35.0 Å². The van der Waals surface area contributed by atoms with Crippen LogP contribution in [0.1, 0.15) is 46.0 Å². The van der Waals surface area contributed by atoms with E-state index in [1.54, 1.807) is 0 Å². The summed E-state index contributed by atoms with van der Waals surface area (Å²) in [6, 6.07) is 0. The number of unbranched alkanes of at least 4 members (excludes halogenated alkanes) is 2. The summed E-state index contributed by atoms with van der Waals surface area (Å²) in [6.07, 6.45) is 6.65. The lowest BCUT2D eigenvalue weighted by molar-refractivity contribution is -0.873. The minimum Gasteiger partial charge on any atom is -0.372 e. The molecular weight excluding hydrogens is 186 g/mol. The van der Waals surface area contributed by atoms with Crippen molar-refractivity contribution in [1.82, 2.24) is 0 Å². The molecule has 0 heterocycles. The molecule has 0 aromatic heterocycles. The molecule has 2 nitrogen and oxygen atoms in total. The average molecular weight is 216 g/mol. The lowest BCUT2D eigenvalue weighted by atomic mass is 10.1. The molecule has 0 saturated carbocycles. The molecule has 1 atom stereocenters. The number of rotatable bonds is 9. The molecule has 0 amide bonds. The Balaban J connectivity index is 3.84. The first kappa shape index (κ1) is 14.9. The number of likely N-dealkylation sites (N-methyl/N-ethyl adjacent to an activating group) is 1. The summed E-state index contributed by atoms with van der Waals surface area (Å²) in [5.41, 5.74) is 0. The molecule has 0 aromatic carbocycles. The summed E-state index contributed by atoms with van der Waals surface area (Å²) < 4.78 is 6.95. The van der Waals surface area contributed by atoms with Gasteiger partial charge in [0.15, 0.2) is 0 Å². The second kappa shape index (κ2) is 8.12. The molecule has 0 radical (unpaired) electrons. The third-order valence-corrected chi connectivity index (χ3v) is 2.48. The summed E-state index contributed by atoms with van der Waals surface area (Å²) in [6.45, 7) is 6.52. The van der Waals surface area contributed by atoms with Crippen molar-refractivity contribution in [2.45, 2.75) is 52.1 Å². The van der Waals surface area contributed by atoms with Crippen LogP contribution in [-0.4, -0.2) is 44.9 Å². The number of ether oxygens (including phenoxy) is 1. The summed E-state index contributed by atoms with van der Waals surface area (Å²) in [4.78, 5) is 0. The highest BCUT2D eigenvalue weighted by atomic mass is 16.5. The van der Waals surface area contributed by atoms with Crippen LogP contribution < -0.4 is 0 Å². The Morgan fingerprint density at radius 1 is 1.00 bits per heavy atom. The summed E-state index contributed by atoms with van der Waals surface area (Å²) >= 11 is 0. The van der Waals surface area contributed by atoms with E-state index in [9.17, 15) is 0 Å². The van der Waals surface area contributed by atoms with E-state index < -0.39 is 0 Å². The van der Waals surface area contributed by atoms with Crippen molar-refractivity contribution in [3.8, 4) is 0 Å². The monoisotopic (exact) mass is 216 g/mol. The maximum absolute atomic E-state index is 5.94. The van der Waals surface area contributed by atoms with Crippen LogP contribution in [0.4, 0.5) is 0 Å². The fraction of sp³-hybridized carbons (Fsp3) is 1.00. The van der Waals surface area contributed by atoms with E-state index in [0.717, 1.165) is 17.6 Å². The van der Waals surface area contributed by atoms with Gasteiger partial charge in [-0.3, -0.25) is 0 Å². The predicted octanol–water partition coefficient (Wildman–Crippen LogP) is 3.07. The Kier molecular flexibility index (Phi) is 8.07. The maximum Gasteiger partial charge on any atom is 0.106 e. The molecule has 0 N–H and O–H groups in total. The molecule has 1 unspecified atom stereocenters. The van der Waals surface area contributed by atoms with Crippen LogP contribution in [0, 0.1) is 0 Å². The van der Waals surface area contributed by atoms with Gasteiger partial charge in [-0.1, -0.05) is 33.1 Å². The normalized spacial score (nSPS) is 14.2. The van der Waals surface area contributed by atoms with E-state index in [1.165, 1.54) is 32.1 Å². The fourth-order valence-electron chi connectivity index (χ4n) is 1.66. The van der Waals surface area contributed by atoms with Crippen molar-refractivity contribution in [2.24, 2.45) is 0 Å². The van der Waals surface area contributed by atoms with Crippen molar-refractivity contribution in [2.75, 3.05) is 34.3 Å². The Bertz CT molecular complexity index is 140. The molecule has 0 saturated heterocycles. The van der Waals surface area contributed by atoms with E-state index in [-0.39, 0.29) is 0 Å². The largest absolute Gasteiger partial charge is 0.372 e. The molecule has 0 spiro atoms. The van der Waals surface area contributed by atoms with Crippen molar-refractivity contribution in [3.05, 3.63) is 0 Å². The van der Waals surface area contributed by atoms with E-state index >= 15 is 0 Å². The predicted molar refractivity (Wildman–Crippen MR) is 67.1 cm³/mol. The molecule has 0 aliphatic rings. The van der Waals surface area contributed by atoms with Gasteiger partial charge >= 0.3 is 0 Å². The van der Waals surface area contributed by atoms with E-state index in [0.29, 0.717) is 6.10 Å². The molecule has 15 heavy (non-hydrogen) atoms. The van der Waals surface area contributed by atoms with Crippen LogP contribution in [0.5, 0.6) is 0 Å². The minimum absolute atomic E-state index is 0.455. The second-order valence-electron chi connectivity index (χ2n) is 5.46. The average Bonchev–Trinajstić information content (AvgIpc) is 2.12. The lowest BCUT2D eigenvalue weighted by Crippen LogP contribution is -2.42. The Morgan fingerprint density at radius 2 is 1.60 bits per heavy atom. The Hall–Kier alpha value is -0.0800. The highest BCUT2D eigenvalue weighted by Crippen LogP contribution is 2.09. The Morgan fingerprint density at radius 3 is 2.07 bits per heavy atom. The molecule has 0 aliphatic heterocycles.